The Hall–Kier alpha value is -1.54. The number of hydrogen-bond acceptors (Lipinski definition) is 4. The maximum Gasteiger partial charge on any atom is 0.150 e. The Kier molecular flexibility index (Phi) is 3.69. The molecule has 0 aliphatic carbocycles. The molecule has 0 bridgehead atoms. The summed E-state index contributed by atoms with van der Waals surface area (Å²) in [6.45, 7) is 0.0670. The summed E-state index contributed by atoms with van der Waals surface area (Å²) in [6.07, 6.45) is 1.15. The van der Waals surface area contributed by atoms with Crippen LogP contribution in [0.4, 0.5) is 0 Å². The van der Waals surface area contributed by atoms with Crippen LogP contribution < -0.4 is 4.74 Å². The summed E-state index contributed by atoms with van der Waals surface area (Å²) < 4.78 is 26.9. The summed E-state index contributed by atoms with van der Waals surface area (Å²) in [6, 6.07) is 8.69. The number of benzene rings is 1. The average molecular weight is 225 g/mol. The van der Waals surface area contributed by atoms with Crippen LogP contribution in [0, 0.1) is 11.3 Å². The topological polar surface area (TPSA) is 67.2 Å². The zero-order chi connectivity index (χ0) is 11.3. The Morgan fingerprint density at radius 3 is 2.67 bits per heavy atom. The largest absolute Gasteiger partial charge is 0.491 e. The van der Waals surface area contributed by atoms with Crippen molar-refractivity contribution in [2.75, 3.05) is 18.6 Å². The van der Waals surface area contributed by atoms with Gasteiger partial charge >= 0.3 is 0 Å². The summed E-state index contributed by atoms with van der Waals surface area (Å²) in [7, 11) is -3.02. The van der Waals surface area contributed by atoms with Gasteiger partial charge in [0.15, 0.2) is 9.84 Å². The predicted molar refractivity (Wildman–Crippen MR) is 56.4 cm³/mol. The highest BCUT2D eigenvalue weighted by atomic mass is 32.2. The summed E-state index contributed by atoms with van der Waals surface area (Å²) in [5.74, 6) is 0.371. The van der Waals surface area contributed by atoms with E-state index in [4.69, 9.17) is 10.00 Å². The van der Waals surface area contributed by atoms with Crippen molar-refractivity contribution in [2.24, 2.45) is 0 Å². The van der Waals surface area contributed by atoms with E-state index in [1.54, 1.807) is 24.3 Å². The number of rotatable bonds is 4. The van der Waals surface area contributed by atoms with Crippen LogP contribution in [-0.4, -0.2) is 27.0 Å². The van der Waals surface area contributed by atoms with Crippen molar-refractivity contribution in [3.63, 3.8) is 0 Å². The van der Waals surface area contributed by atoms with Crippen LogP contribution in [0.15, 0.2) is 24.3 Å². The lowest BCUT2D eigenvalue weighted by molar-refractivity contribution is 0.340. The van der Waals surface area contributed by atoms with Crippen molar-refractivity contribution < 1.29 is 13.2 Å². The van der Waals surface area contributed by atoms with Gasteiger partial charge in [-0.2, -0.15) is 5.26 Å². The molecule has 1 rings (SSSR count). The maximum absolute atomic E-state index is 10.8. The van der Waals surface area contributed by atoms with Gasteiger partial charge in [0.05, 0.1) is 11.3 Å². The molecule has 80 valence electrons. The van der Waals surface area contributed by atoms with E-state index in [1.165, 1.54) is 0 Å². The molecule has 0 aliphatic heterocycles. The van der Waals surface area contributed by atoms with E-state index in [2.05, 4.69) is 0 Å². The van der Waals surface area contributed by atoms with Gasteiger partial charge < -0.3 is 4.74 Å². The van der Waals surface area contributed by atoms with Crippen molar-refractivity contribution in [2.45, 2.75) is 0 Å². The van der Waals surface area contributed by atoms with Crippen LogP contribution in [0.2, 0.25) is 0 Å². The molecule has 0 fully saturated rings. The zero-order valence-electron chi connectivity index (χ0n) is 8.30. The lowest BCUT2D eigenvalue weighted by atomic mass is 10.2. The first-order valence-corrected chi connectivity index (χ1v) is 6.38. The van der Waals surface area contributed by atoms with E-state index in [-0.39, 0.29) is 12.4 Å². The second-order valence-electron chi connectivity index (χ2n) is 3.09. The highest BCUT2D eigenvalue weighted by molar-refractivity contribution is 7.90. The Labute approximate surface area is 89.0 Å². The molecule has 0 aliphatic rings. The minimum Gasteiger partial charge on any atom is -0.491 e. The maximum atomic E-state index is 10.8. The van der Waals surface area contributed by atoms with Gasteiger partial charge in [0.1, 0.15) is 18.4 Å². The van der Waals surface area contributed by atoms with Crippen molar-refractivity contribution in [3.8, 4) is 11.8 Å². The van der Waals surface area contributed by atoms with Crippen LogP contribution in [0.25, 0.3) is 0 Å². The highest BCUT2D eigenvalue weighted by Gasteiger charge is 2.05. The van der Waals surface area contributed by atoms with Crippen molar-refractivity contribution >= 4 is 9.84 Å². The molecule has 0 amide bonds. The Morgan fingerprint density at radius 2 is 2.07 bits per heavy atom. The molecule has 0 saturated carbocycles. The first-order valence-electron chi connectivity index (χ1n) is 4.32. The minimum absolute atomic E-state index is 0.0488. The zero-order valence-corrected chi connectivity index (χ0v) is 9.12. The molecule has 0 radical (unpaired) electrons. The number of nitriles is 1. The average Bonchev–Trinajstić information content (AvgIpc) is 2.16. The molecular formula is C10H11NO3S. The third-order valence-electron chi connectivity index (χ3n) is 1.72. The SMILES string of the molecule is CS(=O)(=O)CCOc1ccccc1C#N. The molecule has 0 unspecified atom stereocenters. The molecule has 4 nitrogen and oxygen atoms in total. The monoisotopic (exact) mass is 225 g/mol. The van der Waals surface area contributed by atoms with Crippen LogP contribution in [0.3, 0.4) is 0 Å². The van der Waals surface area contributed by atoms with Crippen molar-refractivity contribution in [3.05, 3.63) is 29.8 Å². The Morgan fingerprint density at radius 1 is 1.40 bits per heavy atom. The van der Waals surface area contributed by atoms with E-state index in [1.807, 2.05) is 6.07 Å². The molecule has 1 aromatic rings. The van der Waals surface area contributed by atoms with Crippen molar-refractivity contribution in [1.82, 2.24) is 0 Å². The van der Waals surface area contributed by atoms with Crippen LogP contribution in [-0.2, 0) is 9.84 Å². The fourth-order valence-corrected chi connectivity index (χ4v) is 1.37. The lowest BCUT2D eigenvalue weighted by Gasteiger charge is -2.06. The quantitative estimate of drug-likeness (QED) is 0.766. The van der Waals surface area contributed by atoms with Gasteiger partial charge in [-0.15, -0.1) is 0 Å². The van der Waals surface area contributed by atoms with Gasteiger partial charge in [-0.1, -0.05) is 12.1 Å². The fourth-order valence-electron chi connectivity index (χ4n) is 0.988. The number of nitrogens with zero attached hydrogens (tertiary/aromatic N) is 1. The second kappa shape index (κ2) is 4.80. The number of para-hydroxylation sites is 1. The van der Waals surface area contributed by atoms with E-state index >= 15 is 0 Å². The van der Waals surface area contributed by atoms with E-state index in [9.17, 15) is 8.42 Å². The molecule has 15 heavy (non-hydrogen) atoms. The highest BCUT2D eigenvalue weighted by Crippen LogP contribution is 2.16. The summed E-state index contributed by atoms with van der Waals surface area (Å²) in [5, 5.41) is 8.73. The van der Waals surface area contributed by atoms with Crippen LogP contribution in [0.1, 0.15) is 5.56 Å². The summed E-state index contributed by atoms with van der Waals surface area (Å²) >= 11 is 0. The minimum atomic E-state index is -3.02. The van der Waals surface area contributed by atoms with Crippen LogP contribution >= 0.6 is 0 Å². The third-order valence-corrected chi connectivity index (χ3v) is 2.63. The summed E-state index contributed by atoms with van der Waals surface area (Å²) in [5.41, 5.74) is 0.408. The molecule has 0 saturated heterocycles. The van der Waals surface area contributed by atoms with E-state index in [0.29, 0.717) is 11.3 Å². The van der Waals surface area contributed by atoms with Gasteiger partial charge in [-0.3, -0.25) is 0 Å². The molecule has 1 aromatic carbocycles. The second-order valence-corrected chi connectivity index (χ2v) is 5.35. The Balaban J connectivity index is 2.63. The van der Waals surface area contributed by atoms with E-state index < -0.39 is 9.84 Å². The fraction of sp³-hybridized carbons (Fsp3) is 0.300. The van der Waals surface area contributed by atoms with Gasteiger partial charge in [0.2, 0.25) is 0 Å². The van der Waals surface area contributed by atoms with Crippen LogP contribution in [0.5, 0.6) is 5.75 Å². The summed E-state index contributed by atoms with van der Waals surface area (Å²) in [4.78, 5) is 0. The molecule has 0 heterocycles. The molecule has 0 atom stereocenters. The van der Waals surface area contributed by atoms with Gasteiger partial charge in [-0.25, -0.2) is 8.42 Å². The lowest BCUT2D eigenvalue weighted by Crippen LogP contribution is -2.12. The molecular weight excluding hydrogens is 214 g/mol. The van der Waals surface area contributed by atoms with Gasteiger partial charge in [-0.05, 0) is 12.1 Å². The third kappa shape index (κ3) is 4.00. The number of hydrogen-bond donors (Lipinski definition) is 0. The van der Waals surface area contributed by atoms with Gasteiger partial charge in [0, 0.05) is 6.26 Å². The molecule has 0 aromatic heterocycles. The number of ether oxygens (including phenoxy) is 1. The predicted octanol–water partition coefficient (Wildman–Crippen LogP) is 0.982. The first kappa shape index (κ1) is 11.5. The van der Waals surface area contributed by atoms with Gasteiger partial charge in [0.25, 0.3) is 0 Å². The molecule has 5 heteroatoms. The smallest absolute Gasteiger partial charge is 0.150 e. The standard InChI is InChI=1S/C10H11NO3S/c1-15(12,13)7-6-14-10-5-3-2-4-9(10)8-11/h2-5H,6-7H2,1H3. The molecule has 0 spiro atoms. The molecule has 0 N–H and O–H groups in total. The number of sulfone groups is 1. The Bertz CT molecular complexity index is 474. The van der Waals surface area contributed by atoms with E-state index in [0.717, 1.165) is 6.26 Å². The first-order chi connectivity index (χ1) is 7.03. The van der Waals surface area contributed by atoms with Crippen molar-refractivity contribution in [1.29, 1.82) is 5.26 Å². The normalized spacial score (nSPS) is 10.7.